The first-order valence-corrected chi connectivity index (χ1v) is 7.38. The Labute approximate surface area is 125 Å². The van der Waals surface area contributed by atoms with E-state index >= 15 is 0 Å². The van der Waals surface area contributed by atoms with E-state index in [4.69, 9.17) is 0 Å². The molecule has 1 aromatic heterocycles. The van der Waals surface area contributed by atoms with E-state index < -0.39 is 0 Å². The molecule has 0 aliphatic carbocycles. The molecule has 2 aromatic carbocycles. The smallest absolute Gasteiger partial charge is 0.149 e. The van der Waals surface area contributed by atoms with Crippen LogP contribution in [0.3, 0.4) is 0 Å². The zero-order valence-corrected chi connectivity index (χ0v) is 12.2. The fourth-order valence-corrected chi connectivity index (χ4v) is 2.59. The minimum absolute atomic E-state index is 0.0252. The molecule has 106 valence electrons. The highest BCUT2D eigenvalue weighted by molar-refractivity contribution is 5.86. The van der Waals surface area contributed by atoms with Crippen molar-refractivity contribution in [2.75, 3.05) is 6.54 Å². The summed E-state index contributed by atoms with van der Waals surface area (Å²) in [7, 11) is 0. The second-order valence-electron chi connectivity index (χ2n) is 5.06. The quantitative estimate of drug-likeness (QED) is 0.772. The van der Waals surface area contributed by atoms with Gasteiger partial charge in [0.15, 0.2) is 0 Å². The van der Waals surface area contributed by atoms with Crippen molar-refractivity contribution in [1.29, 1.82) is 0 Å². The van der Waals surface area contributed by atoms with Crippen LogP contribution in [0, 0.1) is 0 Å². The first-order chi connectivity index (χ1) is 10.4. The molecule has 0 radical (unpaired) electrons. The lowest BCUT2D eigenvalue weighted by molar-refractivity contribution is 0.574. The third kappa shape index (κ3) is 2.93. The van der Waals surface area contributed by atoms with Crippen LogP contribution in [-0.4, -0.2) is 16.5 Å². The van der Waals surface area contributed by atoms with E-state index in [-0.39, 0.29) is 6.04 Å². The third-order valence-electron chi connectivity index (χ3n) is 3.58. The van der Waals surface area contributed by atoms with Gasteiger partial charge in [0.25, 0.3) is 0 Å². The molecule has 3 rings (SSSR count). The van der Waals surface area contributed by atoms with Crippen LogP contribution in [0.4, 0.5) is 0 Å². The minimum atomic E-state index is 0.0252. The van der Waals surface area contributed by atoms with Crippen molar-refractivity contribution in [3.05, 3.63) is 72.3 Å². The predicted octanol–water partition coefficient (Wildman–Crippen LogP) is 3.72. The lowest BCUT2D eigenvalue weighted by Gasteiger charge is -2.19. The molecule has 0 saturated heterocycles. The van der Waals surface area contributed by atoms with Gasteiger partial charge in [-0.05, 0) is 35.4 Å². The van der Waals surface area contributed by atoms with Crippen molar-refractivity contribution in [3.8, 4) is 0 Å². The van der Waals surface area contributed by atoms with E-state index in [1.807, 2.05) is 6.07 Å². The molecule has 0 amide bonds. The van der Waals surface area contributed by atoms with Gasteiger partial charge in [-0.3, -0.25) is 0 Å². The largest absolute Gasteiger partial charge is 0.304 e. The Bertz CT molecular complexity index is 704. The molecule has 1 heterocycles. The highest BCUT2D eigenvalue weighted by atomic mass is 15.0. The summed E-state index contributed by atoms with van der Waals surface area (Å²) in [5.74, 6) is 0.822. The summed E-state index contributed by atoms with van der Waals surface area (Å²) in [6.45, 7) is 3.10. The number of nitrogens with zero attached hydrogens (tertiary/aromatic N) is 2. The standard InChI is InChI=1S/C18H19N3/c1-2-11-19-17(18-20-12-6-13-21-18)16-10-5-8-14-7-3-4-9-15(14)16/h3-10,12-13,17,19H,2,11H2,1H3. The van der Waals surface area contributed by atoms with Crippen LogP contribution in [0.2, 0.25) is 0 Å². The molecule has 0 spiro atoms. The second-order valence-corrected chi connectivity index (χ2v) is 5.06. The van der Waals surface area contributed by atoms with Crippen LogP contribution in [-0.2, 0) is 0 Å². The van der Waals surface area contributed by atoms with Gasteiger partial charge in [0, 0.05) is 12.4 Å². The Morgan fingerprint density at radius 2 is 1.71 bits per heavy atom. The molecule has 3 heteroatoms. The van der Waals surface area contributed by atoms with Gasteiger partial charge < -0.3 is 5.32 Å². The average molecular weight is 277 g/mol. The fraction of sp³-hybridized carbons (Fsp3) is 0.222. The van der Waals surface area contributed by atoms with Crippen molar-refractivity contribution in [1.82, 2.24) is 15.3 Å². The van der Waals surface area contributed by atoms with Gasteiger partial charge in [0.1, 0.15) is 5.82 Å². The summed E-state index contributed by atoms with van der Waals surface area (Å²) in [5, 5.41) is 6.06. The normalized spacial score (nSPS) is 12.4. The first-order valence-electron chi connectivity index (χ1n) is 7.38. The highest BCUT2D eigenvalue weighted by Crippen LogP contribution is 2.27. The highest BCUT2D eigenvalue weighted by Gasteiger charge is 2.17. The van der Waals surface area contributed by atoms with Crippen molar-refractivity contribution >= 4 is 10.8 Å². The number of rotatable bonds is 5. The van der Waals surface area contributed by atoms with Gasteiger partial charge >= 0.3 is 0 Å². The van der Waals surface area contributed by atoms with Crippen molar-refractivity contribution in [2.24, 2.45) is 0 Å². The zero-order valence-electron chi connectivity index (χ0n) is 12.2. The Balaban J connectivity index is 2.10. The summed E-state index contributed by atoms with van der Waals surface area (Å²) < 4.78 is 0. The summed E-state index contributed by atoms with van der Waals surface area (Å²) in [4.78, 5) is 8.88. The van der Waals surface area contributed by atoms with Crippen LogP contribution < -0.4 is 5.32 Å². The Kier molecular flexibility index (Phi) is 4.22. The van der Waals surface area contributed by atoms with Gasteiger partial charge in [0.05, 0.1) is 6.04 Å². The molecule has 0 fully saturated rings. The van der Waals surface area contributed by atoms with E-state index in [2.05, 4.69) is 64.7 Å². The SMILES string of the molecule is CCCNC(c1ncccn1)c1cccc2ccccc12. The number of benzene rings is 2. The maximum absolute atomic E-state index is 4.44. The van der Waals surface area contributed by atoms with E-state index in [9.17, 15) is 0 Å². The molecule has 1 N–H and O–H groups in total. The van der Waals surface area contributed by atoms with Gasteiger partial charge in [0.2, 0.25) is 0 Å². The topological polar surface area (TPSA) is 37.8 Å². The van der Waals surface area contributed by atoms with Crippen LogP contribution in [0.15, 0.2) is 60.9 Å². The molecule has 21 heavy (non-hydrogen) atoms. The zero-order chi connectivity index (χ0) is 14.5. The predicted molar refractivity (Wildman–Crippen MR) is 86.1 cm³/mol. The number of fused-ring (bicyclic) bond motifs is 1. The second kappa shape index (κ2) is 6.46. The van der Waals surface area contributed by atoms with Gasteiger partial charge in [-0.1, -0.05) is 49.4 Å². The van der Waals surface area contributed by atoms with E-state index in [1.54, 1.807) is 12.4 Å². The number of hydrogen-bond acceptors (Lipinski definition) is 3. The third-order valence-corrected chi connectivity index (χ3v) is 3.58. The summed E-state index contributed by atoms with van der Waals surface area (Å²) >= 11 is 0. The molecule has 0 bridgehead atoms. The fourth-order valence-electron chi connectivity index (χ4n) is 2.59. The molecule has 0 aliphatic rings. The van der Waals surface area contributed by atoms with Crippen molar-refractivity contribution in [2.45, 2.75) is 19.4 Å². The minimum Gasteiger partial charge on any atom is -0.304 e. The maximum Gasteiger partial charge on any atom is 0.149 e. The molecule has 0 saturated carbocycles. The molecule has 0 aliphatic heterocycles. The van der Waals surface area contributed by atoms with Crippen LogP contribution in [0.1, 0.15) is 30.8 Å². The van der Waals surface area contributed by atoms with Crippen molar-refractivity contribution < 1.29 is 0 Å². The Hall–Kier alpha value is -2.26. The van der Waals surface area contributed by atoms with Crippen LogP contribution in [0.5, 0.6) is 0 Å². The molecule has 3 aromatic rings. The van der Waals surface area contributed by atoms with Gasteiger partial charge in [-0.15, -0.1) is 0 Å². The Morgan fingerprint density at radius 1 is 0.952 bits per heavy atom. The first kappa shape index (κ1) is 13.7. The Morgan fingerprint density at radius 3 is 2.52 bits per heavy atom. The molecule has 3 nitrogen and oxygen atoms in total. The van der Waals surface area contributed by atoms with E-state index in [0.717, 1.165) is 18.8 Å². The number of nitrogens with one attached hydrogen (secondary N) is 1. The monoisotopic (exact) mass is 277 g/mol. The van der Waals surface area contributed by atoms with Crippen LogP contribution in [0.25, 0.3) is 10.8 Å². The summed E-state index contributed by atoms with van der Waals surface area (Å²) in [6.07, 6.45) is 4.68. The number of hydrogen-bond donors (Lipinski definition) is 1. The molecular weight excluding hydrogens is 258 g/mol. The maximum atomic E-state index is 4.44. The van der Waals surface area contributed by atoms with E-state index in [0.29, 0.717) is 0 Å². The molecule has 1 atom stereocenters. The lowest BCUT2D eigenvalue weighted by atomic mass is 9.98. The number of aromatic nitrogens is 2. The lowest BCUT2D eigenvalue weighted by Crippen LogP contribution is -2.25. The average Bonchev–Trinajstić information content (AvgIpc) is 2.56. The van der Waals surface area contributed by atoms with E-state index in [1.165, 1.54) is 16.3 Å². The summed E-state index contributed by atoms with van der Waals surface area (Å²) in [6, 6.07) is 16.7. The summed E-state index contributed by atoms with van der Waals surface area (Å²) in [5.41, 5.74) is 1.23. The van der Waals surface area contributed by atoms with Gasteiger partial charge in [-0.2, -0.15) is 0 Å². The van der Waals surface area contributed by atoms with Gasteiger partial charge in [-0.25, -0.2) is 9.97 Å². The van der Waals surface area contributed by atoms with Crippen molar-refractivity contribution in [3.63, 3.8) is 0 Å². The molecular formula is C18H19N3. The van der Waals surface area contributed by atoms with Crippen LogP contribution >= 0.6 is 0 Å². The molecule has 1 unspecified atom stereocenters.